The monoisotopic (exact) mass is 224 g/mol. The summed E-state index contributed by atoms with van der Waals surface area (Å²) < 4.78 is 1.88. The summed E-state index contributed by atoms with van der Waals surface area (Å²) >= 11 is 0. The molecule has 0 fully saturated rings. The highest BCUT2D eigenvalue weighted by atomic mass is 16.4. The summed E-state index contributed by atoms with van der Waals surface area (Å²) in [7, 11) is 0. The highest BCUT2D eigenvalue weighted by molar-refractivity contribution is 5.87. The van der Waals surface area contributed by atoms with Crippen molar-refractivity contribution in [2.75, 3.05) is 0 Å². The molecular formula is C11H16N2O3. The van der Waals surface area contributed by atoms with Crippen molar-refractivity contribution >= 4 is 5.97 Å². The molecule has 1 unspecified atom stereocenters. The summed E-state index contributed by atoms with van der Waals surface area (Å²) in [6.45, 7) is 2.51. The van der Waals surface area contributed by atoms with Gasteiger partial charge >= 0.3 is 5.97 Å². The molecule has 2 rings (SSSR count). The molecular weight excluding hydrogens is 208 g/mol. The number of fused-ring (bicyclic) bond motifs is 1. The van der Waals surface area contributed by atoms with Crippen molar-refractivity contribution in [2.45, 2.75) is 45.3 Å². The number of hydrogen-bond acceptors (Lipinski definition) is 3. The van der Waals surface area contributed by atoms with Crippen LogP contribution in [0.2, 0.25) is 0 Å². The van der Waals surface area contributed by atoms with E-state index in [4.69, 9.17) is 5.11 Å². The lowest BCUT2D eigenvalue weighted by molar-refractivity contribution is 0.0686. The second-order valence-electron chi connectivity index (χ2n) is 4.18. The average molecular weight is 224 g/mol. The molecule has 2 N–H and O–H groups in total. The Kier molecular flexibility index (Phi) is 2.96. The number of aryl methyl sites for hydroxylation is 1. The first kappa shape index (κ1) is 11.1. The van der Waals surface area contributed by atoms with Gasteiger partial charge in [0.2, 0.25) is 0 Å². The number of rotatable bonds is 3. The zero-order valence-electron chi connectivity index (χ0n) is 9.31. The van der Waals surface area contributed by atoms with Gasteiger partial charge in [0.25, 0.3) is 0 Å². The molecule has 5 heteroatoms. The summed E-state index contributed by atoms with van der Waals surface area (Å²) in [5.41, 5.74) is 0.927. The first-order chi connectivity index (χ1) is 7.63. The molecule has 0 radical (unpaired) electrons. The van der Waals surface area contributed by atoms with Gasteiger partial charge in [-0.1, -0.05) is 6.92 Å². The zero-order chi connectivity index (χ0) is 11.7. The molecule has 1 aliphatic rings. The fourth-order valence-electron chi connectivity index (χ4n) is 2.20. The third-order valence-corrected chi connectivity index (χ3v) is 2.94. The van der Waals surface area contributed by atoms with E-state index < -0.39 is 5.97 Å². The molecule has 0 spiro atoms. The third kappa shape index (κ3) is 1.82. The van der Waals surface area contributed by atoms with Crippen LogP contribution in [-0.2, 0) is 19.4 Å². The fraction of sp³-hybridized carbons (Fsp3) is 0.636. The standard InChI is InChI=1S/C11H16N2O3/c1-2-3-9-12-10(11(15)16)8-5-4-7(14)6-13(8)9/h7,14H,2-6H2,1H3,(H,15,16). The van der Waals surface area contributed by atoms with Crippen LogP contribution in [0.25, 0.3) is 0 Å². The van der Waals surface area contributed by atoms with E-state index in [1.165, 1.54) is 0 Å². The second-order valence-corrected chi connectivity index (χ2v) is 4.18. The highest BCUT2D eigenvalue weighted by Gasteiger charge is 2.26. The highest BCUT2D eigenvalue weighted by Crippen LogP contribution is 2.22. The van der Waals surface area contributed by atoms with Gasteiger partial charge in [-0.2, -0.15) is 0 Å². The van der Waals surface area contributed by atoms with Crippen LogP contribution in [0.5, 0.6) is 0 Å². The maximum atomic E-state index is 11.0. The van der Waals surface area contributed by atoms with Crippen molar-refractivity contribution in [2.24, 2.45) is 0 Å². The van der Waals surface area contributed by atoms with Crippen LogP contribution in [0.15, 0.2) is 0 Å². The average Bonchev–Trinajstić information content (AvgIpc) is 2.58. The number of imidazole rings is 1. The molecule has 0 saturated heterocycles. The van der Waals surface area contributed by atoms with Crippen molar-refractivity contribution in [3.05, 3.63) is 17.2 Å². The molecule has 2 heterocycles. The Morgan fingerprint density at radius 1 is 1.62 bits per heavy atom. The van der Waals surface area contributed by atoms with Crippen molar-refractivity contribution in [3.8, 4) is 0 Å². The van der Waals surface area contributed by atoms with E-state index in [2.05, 4.69) is 4.98 Å². The van der Waals surface area contributed by atoms with E-state index >= 15 is 0 Å². The zero-order valence-corrected chi connectivity index (χ0v) is 9.31. The topological polar surface area (TPSA) is 75.3 Å². The molecule has 88 valence electrons. The van der Waals surface area contributed by atoms with E-state index in [0.29, 0.717) is 19.4 Å². The first-order valence-corrected chi connectivity index (χ1v) is 5.63. The van der Waals surface area contributed by atoms with Crippen molar-refractivity contribution in [1.29, 1.82) is 0 Å². The van der Waals surface area contributed by atoms with E-state index in [-0.39, 0.29) is 11.8 Å². The van der Waals surface area contributed by atoms with Crippen LogP contribution < -0.4 is 0 Å². The number of aromatic nitrogens is 2. The molecule has 1 atom stereocenters. The van der Waals surface area contributed by atoms with Gasteiger partial charge in [0.1, 0.15) is 5.82 Å². The fourth-order valence-corrected chi connectivity index (χ4v) is 2.20. The maximum Gasteiger partial charge on any atom is 0.356 e. The lowest BCUT2D eigenvalue weighted by atomic mass is 10.1. The van der Waals surface area contributed by atoms with Gasteiger partial charge in [-0.05, 0) is 19.3 Å². The Morgan fingerprint density at radius 2 is 2.38 bits per heavy atom. The number of aliphatic hydroxyl groups excluding tert-OH is 1. The minimum Gasteiger partial charge on any atom is -0.476 e. The van der Waals surface area contributed by atoms with E-state index in [9.17, 15) is 9.90 Å². The number of carboxylic acid groups (broad SMARTS) is 1. The van der Waals surface area contributed by atoms with Gasteiger partial charge in [0, 0.05) is 6.42 Å². The van der Waals surface area contributed by atoms with Gasteiger partial charge in [-0.25, -0.2) is 9.78 Å². The summed E-state index contributed by atoms with van der Waals surface area (Å²) in [6.07, 6.45) is 2.52. The molecule has 16 heavy (non-hydrogen) atoms. The summed E-state index contributed by atoms with van der Waals surface area (Å²) in [6, 6.07) is 0. The summed E-state index contributed by atoms with van der Waals surface area (Å²) in [4.78, 5) is 15.2. The minimum atomic E-state index is -0.970. The largest absolute Gasteiger partial charge is 0.476 e. The third-order valence-electron chi connectivity index (χ3n) is 2.94. The van der Waals surface area contributed by atoms with E-state index in [1.54, 1.807) is 0 Å². The summed E-state index contributed by atoms with van der Waals surface area (Å²) in [5.74, 6) is -0.184. The molecule has 5 nitrogen and oxygen atoms in total. The van der Waals surface area contributed by atoms with Gasteiger partial charge < -0.3 is 14.8 Å². The molecule has 1 aromatic rings. The molecule has 0 amide bonds. The number of nitrogens with zero attached hydrogens (tertiary/aromatic N) is 2. The van der Waals surface area contributed by atoms with Crippen molar-refractivity contribution in [1.82, 2.24) is 9.55 Å². The number of carbonyl (C=O) groups is 1. The normalized spacial score (nSPS) is 19.5. The molecule has 0 aromatic carbocycles. The van der Waals surface area contributed by atoms with Gasteiger partial charge in [0.15, 0.2) is 5.69 Å². The van der Waals surface area contributed by atoms with Crippen molar-refractivity contribution in [3.63, 3.8) is 0 Å². The Morgan fingerprint density at radius 3 is 3.00 bits per heavy atom. The molecule has 1 aromatic heterocycles. The number of aromatic carboxylic acids is 1. The minimum absolute atomic E-state index is 0.162. The molecule has 1 aliphatic heterocycles. The Labute approximate surface area is 93.7 Å². The van der Waals surface area contributed by atoms with Crippen LogP contribution >= 0.6 is 0 Å². The quantitative estimate of drug-likeness (QED) is 0.797. The summed E-state index contributed by atoms with van der Waals surface area (Å²) in [5, 5.41) is 18.7. The van der Waals surface area contributed by atoms with Crippen LogP contribution in [0.4, 0.5) is 0 Å². The predicted octanol–water partition coefficient (Wildman–Crippen LogP) is 0.841. The smallest absolute Gasteiger partial charge is 0.356 e. The Hall–Kier alpha value is -1.36. The van der Waals surface area contributed by atoms with Gasteiger partial charge in [0.05, 0.1) is 18.3 Å². The first-order valence-electron chi connectivity index (χ1n) is 5.63. The number of carboxylic acids is 1. The van der Waals surface area contributed by atoms with Crippen LogP contribution in [0.3, 0.4) is 0 Å². The Bertz CT molecular complexity index is 412. The number of aliphatic hydroxyl groups is 1. The predicted molar refractivity (Wildman–Crippen MR) is 57.5 cm³/mol. The molecule has 0 saturated carbocycles. The second kappa shape index (κ2) is 4.25. The van der Waals surface area contributed by atoms with Crippen LogP contribution in [0.1, 0.15) is 41.8 Å². The van der Waals surface area contributed by atoms with Crippen LogP contribution in [0, 0.1) is 0 Å². The van der Waals surface area contributed by atoms with Crippen molar-refractivity contribution < 1.29 is 15.0 Å². The van der Waals surface area contributed by atoms with Crippen LogP contribution in [-0.4, -0.2) is 31.8 Å². The molecule has 0 aliphatic carbocycles. The van der Waals surface area contributed by atoms with Gasteiger partial charge in [-0.15, -0.1) is 0 Å². The number of hydrogen-bond donors (Lipinski definition) is 2. The lowest BCUT2D eigenvalue weighted by Crippen LogP contribution is -2.26. The van der Waals surface area contributed by atoms with Gasteiger partial charge in [-0.3, -0.25) is 0 Å². The Balaban J connectivity index is 2.44. The maximum absolute atomic E-state index is 11.0. The van der Waals surface area contributed by atoms with E-state index in [1.807, 2.05) is 11.5 Å². The SMILES string of the molecule is CCCc1nc(C(=O)O)c2n1CC(O)CC2. The lowest BCUT2D eigenvalue weighted by Gasteiger charge is -2.21. The molecule has 0 bridgehead atoms. The van der Waals surface area contributed by atoms with E-state index in [0.717, 1.165) is 24.4 Å².